The maximum Gasteiger partial charge on any atom is 0.306 e. The zero-order valence-electron chi connectivity index (χ0n) is 15.7. The lowest BCUT2D eigenvalue weighted by atomic mass is 9.97. The SMILES string of the molecule is C[C@H](OC(=O)CCc1nc2ccccc2s1)C(=O)NCCC1=CCCCC1. The maximum atomic E-state index is 12.1. The predicted molar refractivity (Wildman–Crippen MR) is 108 cm³/mol. The fourth-order valence-electron chi connectivity index (χ4n) is 3.17. The van der Waals surface area contributed by atoms with Crippen LogP contribution < -0.4 is 5.32 Å². The molecule has 0 saturated heterocycles. The molecule has 0 radical (unpaired) electrons. The normalized spacial score (nSPS) is 15.2. The summed E-state index contributed by atoms with van der Waals surface area (Å²) in [5.41, 5.74) is 2.37. The molecule has 1 N–H and O–H groups in total. The number of ether oxygens (including phenoxy) is 1. The van der Waals surface area contributed by atoms with E-state index in [1.54, 1.807) is 18.3 Å². The Kier molecular flexibility index (Phi) is 6.98. The fourth-order valence-corrected chi connectivity index (χ4v) is 4.13. The van der Waals surface area contributed by atoms with E-state index >= 15 is 0 Å². The van der Waals surface area contributed by atoms with Crippen molar-refractivity contribution in [3.05, 3.63) is 40.9 Å². The molecule has 0 spiro atoms. The highest BCUT2D eigenvalue weighted by atomic mass is 32.1. The van der Waals surface area contributed by atoms with Crippen LogP contribution in [0.15, 0.2) is 35.9 Å². The molecular weight excluding hydrogens is 360 g/mol. The lowest BCUT2D eigenvalue weighted by Crippen LogP contribution is -2.36. The number of thiazole rings is 1. The van der Waals surface area contributed by atoms with Crippen LogP contribution >= 0.6 is 11.3 Å². The molecule has 1 heterocycles. The molecule has 0 fully saturated rings. The van der Waals surface area contributed by atoms with E-state index < -0.39 is 6.10 Å². The van der Waals surface area contributed by atoms with Gasteiger partial charge in [0, 0.05) is 13.0 Å². The minimum absolute atomic E-state index is 0.227. The summed E-state index contributed by atoms with van der Waals surface area (Å²) in [4.78, 5) is 28.6. The van der Waals surface area contributed by atoms with Crippen molar-refractivity contribution in [2.75, 3.05) is 6.54 Å². The van der Waals surface area contributed by atoms with Gasteiger partial charge in [-0.3, -0.25) is 9.59 Å². The molecule has 1 aromatic heterocycles. The summed E-state index contributed by atoms with van der Waals surface area (Å²) in [6.45, 7) is 2.21. The van der Waals surface area contributed by atoms with E-state index in [4.69, 9.17) is 4.74 Å². The molecule has 0 saturated carbocycles. The Bertz CT molecular complexity index is 795. The van der Waals surface area contributed by atoms with Gasteiger partial charge in [-0.15, -0.1) is 11.3 Å². The van der Waals surface area contributed by atoms with Crippen molar-refractivity contribution < 1.29 is 14.3 Å². The van der Waals surface area contributed by atoms with Gasteiger partial charge in [-0.05, 0) is 51.2 Å². The Balaban J connectivity index is 1.37. The number of hydrogen-bond acceptors (Lipinski definition) is 5. The summed E-state index contributed by atoms with van der Waals surface area (Å²) in [7, 11) is 0. The molecule has 0 bridgehead atoms. The predicted octanol–water partition coefficient (Wildman–Crippen LogP) is 4.17. The second-order valence-corrected chi connectivity index (χ2v) is 7.97. The number of esters is 1. The van der Waals surface area contributed by atoms with Gasteiger partial charge < -0.3 is 10.1 Å². The number of carbonyl (C=O) groups excluding carboxylic acids is 2. The van der Waals surface area contributed by atoms with Crippen molar-refractivity contribution in [2.45, 2.75) is 58.0 Å². The summed E-state index contributed by atoms with van der Waals surface area (Å²) >= 11 is 1.59. The molecule has 0 unspecified atom stereocenters. The average molecular weight is 387 g/mol. The number of benzene rings is 1. The van der Waals surface area contributed by atoms with Gasteiger partial charge in [0.15, 0.2) is 6.10 Å². The van der Waals surface area contributed by atoms with Gasteiger partial charge in [-0.25, -0.2) is 4.98 Å². The molecule has 27 heavy (non-hydrogen) atoms. The van der Waals surface area contributed by atoms with Crippen LogP contribution in [-0.4, -0.2) is 29.5 Å². The van der Waals surface area contributed by atoms with Crippen LogP contribution in [0.5, 0.6) is 0 Å². The number of rotatable bonds is 8. The Morgan fingerprint density at radius 1 is 1.26 bits per heavy atom. The quantitative estimate of drug-likeness (QED) is 0.546. The Morgan fingerprint density at radius 3 is 2.89 bits per heavy atom. The third-order valence-electron chi connectivity index (χ3n) is 4.69. The highest BCUT2D eigenvalue weighted by Gasteiger charge is 2.18. The molecule has 1 aliphatic rings. The number of amides is 1. The molecule has 3 rings (SSSR count). The first-order chi connectivity index (χ1) is 13.1. The third-order valence-corrected chi connectivity index (χ3v) is 5.79. The van der Waals surface area contributed by atoms with E-state index in [1.807, 2.05) is 24.3 Å². The highest BCUT2D eigenvalue weighted by molar-refractivity contribution is 7.18. The fraction of sp³-hybridized carbons (Fsp3) is 0.476. The van der Waals surface area contributed by atoms with E-state index in [-0.39, 0.29) is 18.3 Å². The number of aryl methyl sites for hydroxylation is 1. The number of aromatic nitrogens is 1. The molecule has 1 atom stereocenters. The van der Waals surface area contributed by atoms with Gasteiger partial charge in [0.25, 0.3) is 5.91 Å². The van der Waals surface area contributed by atoms with Crippen LogP contribution in [0.1, 0.15) is 50.5 Å². The van der Waals surface area contributed by atoms with E-state index in [9.17, 15) is 9.59 Å². The Hall–Kier alpha value is -2.21. The van der Waals surface area contributed by atoms with E-state index in [0.29, 0.717) is 13.0 Å². The lowest BCUT2D eigenvalue weighted by molar-refractivity contribution is -0.154. The van der Waals surface area contributed by atoms with Crippen molar-refractivity contribution in [3.8, 4) is 0 Å². The van der Waals surface area contributed by atoms with Gasteiger partial charge in [0.05, 0.1) is 21.6 Å². The number of fused-ring (bicyclic) bond motifs is 1. The first kappa shape index (κ1) is 19.5. The zero-order valence-corrected chi connectivity index (χ0v) is 16.5. The molecule has 6 heteroatoms. The van der Waals surface area contributed by atoms with Crippen molar-refractivity contribution in [3.63, 3.8) is 0 Å². The average Bonchev–Trinajstić information content (AvgIpc) is 3.10. The summed E-state index contributed by atoms with van der Waals surface area (Å²) in [5.74, 6) is -0.605. The van der Waals surface area contributed by atoms with Gasteiger partial charge in [-0.1, -0.05) is 23.8 Å². The van der Waals surface area contributed by atoms with Crippen molar-refractivity contribution in [1.29, 1.82) is 0 Å². The third kappa shape index (κ3) is 5.89. The molecule has 1 amide bonds. The van der Waals surface area contributed by atoms with Gasteiger partial charge in [-0.2, -0.15) is 0 Å². The second kappa shape index (κ2) is 9.65. The van der Waals surface area contributed by atoms with Crippen molar-refractivity contribution in [1.82, 2.24) is 10.3 Å². The van der Waals surface area contributed by atoms with Crippen LogP contribution in [0.4, 0.5) is 0 Å². The Labute approximate surface area is 163 Å². The standard InChI is InChI=1S/C21H26N2O3S/c1-15(21(25)22-14-13-16-7-3-2-4-8-16)26-20(24)12-11-19-23-17-9-5-6-10-18(17)27-19/h5-7,9-10,15H,2-4,8,11-14H2,1H3,(H,22,25)/t15-/m0/s1. The van der Waals surface area contributed by atoms with Crippen LogP contribution in [0.25, 0.3) is 10.2 Å². The van der Waals surface area contributed by atoms with Crippen LogP contribution in [0.2, 0.25) is 0 Å². The minimum Gasteiger partial charge on any atom is -0.453 e. The largest absolute Gasteiger partial charge is 0.453 e. The molecule has 144 valence electrons. The van der Waals surface area contributed by atoms with Gasteiger partial charge >= 0.3 is 5.97 Å². The van der Waals surface area contributed by atoms with E-state index in [2.05, 4.69) is 16.4 Å². The first-order valence-electron chi connectivity index (χ1n) is 9.61. The monoisotopic (exact) mass is 386 g/mol. The zero-order chi connectivity index (χ0) is 19.1. The summed E-state index contributed by atoms with van der Waals surface area (Å²) in [6.07, 6.45) is 7.92. The number of nitrogens with zero attached hydrogens (tertiary/aromatic N) is 1. The number of nitrogens with one attached hydrogen (secondary N) is 1. The number of hydrogen-bond donors (Lipinski definition) is 1. The topological polar surface area (TPSA) is 68.3 Å². The Morgan fingerprint density at radius 2 is 2.11 bits per heavy atom. The van der Waals surface area contributed by atoms with Gasteiger partial charge in [0.1, 0.15) is 0 Å². The number of allylic oxidation sites excluding steroid dienone is 1. The molecule has 5 nitrogen and oxygen atoms in total. The number of para-hydroxylation sites is 1. The van der Waals surface area contributed by atoms with E-state index in [0.717, 1.165) is 34.5 Å². The van der Waals surface area contributed by atoms with Crippen molar-refractivity contribution in [2.24, 2.45) is 0 Å². The lowest BCUT2D eigenvalue weighted by Gasteiger charge is -2.15. The first-order valence-corrected chi connectivity index (χ1v) is 10.4. The van der Waals surface area contributed by atoms with Crippen LogP contribution in [-0.2, 0) is 20.7 Å². The summed E-state index contributed by atoms with van der Waals surface area (Å²) < 4.78 is 6.37. The van der Waals surface area contributed by atoms with Crippen LogP contribution in [0, 0.1) is 0 Å². The molecule has 2 aromatic rings. The van der Waals surface area contributed by atoms with Gasteiger partial charge in [0.2, 0.25) is 0 Å². The molecule has 1 aliphatic carbocycles. The minimum atomic E-state index is -0.770. The van der Waals surface area contributed by atoms with Crippen LogP contribution in [0.3, 0.4) is 0 Å². The summed E-state index contributed by atoms with van der Waals surface area (Å²) in [5, 5.41) is 3.77. The highest BCUT2D eigenvalue weighted by Crippen LogP contribution is 2.22. The van der Waals surface area contributed by atoms with Crippen molar-refractivity contribution >= 4 is 33.4 Å². The second-order valence-electron chi connectivity index (χ2n) is 6.86. The maximum absolute atomic E-state index is 12.1. The van der Waals surface area contributed by atoms with E-state index in [1.165, 1.54) is 18.4 Å². The molecule has 1 aromatic carbocycles. The molecule has 0 aliphatic heterocycles. The molecular formula is C21H26N2O3S. The number of carbonyl (C=O) groups is 2. The summed E-state index contributed by atoms with van der Waals surface area (Å²) in [6, 6.07) is 7.91. The smallest absolute Gasteiger partial charge is 0.306 e.